The van der Waals surface area contributed by atoms with Crippen molar-refractivity contribution in [3.05, 3.63) is 23.4 Å². The van der Waals surface area contributed by atoms with Crippen LogP contribution in [0.5, 0.6) is 0 Å². The normalized spacial score (nSPS) is 10.7. The summed E-state index contributed by atoms with van der Waals surface area (Å²) in [5, 5.41) is 8.78. The van der Waals surface area contributed by atoms with E-state index in [1.165, 1.54) is 12.1 Å². The van der Waals surface area contributed by atoms with Gasteiger partial charge in [0, 0.05) is 17.8 Å². The second-order valence-electron chi connectivity index (χ2n) is 3.79. The third kappa shape index (κ3) is 3.92. The van der Waals surface area contributed by atoms with Crippen LogP contribution < -0.4 is 5.73 Å². The third-order valence-electron chi connectivity index (χ3n) is 2.24. The minimum absolute atomic E-state index is 0.148. The Hall–Kier alpha value is -1.76. The van der Waals surface area contributed by atoms with Gasteiger partial charge in [0.2, 0.25) is 0 Å². The molecule has 1 amide bonds. The predicted octanol–water partition coefficient (Wildman–Crippen LogP) is 0.672. The van der Waals surface area contributed by atoms with Crippen LogP contribution in [0.3, 0.4) is 0 Å². The quantitative estimate of drug-likeness (QED) is 0.814. The number of hydrogen-bond acceptors (Lipinski definition) is 4. The molecule has 0 aliphatic heterocycles. The van der Waals surface area contributed by atoms with Gasteiger partial charge in [-0.25, -0.2) is 13.8 Å². The van der Waals surface area contributed by atoms with E-state index >= 15 is 0 Å². The van der Waals surface area contributed by atoms with Crippen molar-refractivity contribution in [2.24, 2.45) is 0 Å². The highest BCUT2D eigenvalue weighted by atomic mass is 19.3. The number of nitrogens with two attached hydrogens (primary N) is 1. The monoisotopic (exact) mass is 259 g/mol. The molecule has 0 aliphatic rings. The lowest BCUT2D eigenvalue weighted by Crippen LogP contribution is -2.37. The van der Waals surface area contributed by atoms with E-state index in [4.69, 9.17) is 10.8 Å². The predicted molar refractivity (Wildman–Crippen MR) is 62.4 cm³/mol. The molecule has 1 aromatic heterocycles. The van der Waals surface area contributed by atoms with Gasteiger partial charge in [-0.3, -0.25) is 4.79 Å². The van der Waals surface area contributed by atoms with Crippen molar-refractivity contribution in [2.45, 2.75) is 13.3 Å². The van der Waals surface area contributed by atoms with Crippen molar-refractivity contribution in [3.63, 3.8) is 0 Å². The molecule has 0 saturated carbocycles. The van der Waals surface area contributed by atoms with Crippen molar-refractivity contribution in [1.82, 2.24) is 9.88 Å². The number of halogens is 2. The van der Waals surface area contributed by atoms with Crippen LogP contribution in [-0.4, -0.2) is 47.0 Å². The van der Waals surface area contributed by atoms with Crippen LogP contribution >= 0.6 is 0 Å². The molecule has 0 aliphatic carbocycles. The molecule has 100 valence electrons. The standard InChI is InChI=1S/C11H15F2N3O2/c1-7-4-8(5-10(14)15-7)11(18)16(2-3-17)6-9(12)13/h4-5,9,17H,2-3,6H2,1H3,(H2,14,15). The molecule has 0 spiro atoms. The maximum atomic E-state index is 12.3. The molecule has 18 heavy (non-hydrogen) atoms. The first kappa shape index (κ1) is 14.3. The van der Waals surface area contributed by atoms with Crippen molar-refractivity contribution in [1.29, 1.82) is 0 Å². The summed E-state index contributed by atoms with van der Waals surface area (Å²) < 4.78 is 24.7. The Bertz CT molecular complexity index is 406. The fraction of sp³-hybridized carbons (Fsp3) is 0.455. The van der Waals surface area contributed by atoms with Gasteiger partial charge in [0.15, 0.2) is 0 Å². The smallest absolute Gasteiger partial charge is 0.255 e. The van der Waals surface area contributed by atoms with E-state index < -0.39 is 18.9 Å². The minimum atomic E-state index is -2.65. The van der Waals surface area contributed by atoms with Gasteiger partial charge in [-0.2, -0.15) is 0 Å². The number of alkyl halides is 2. The summed E-state index contributed by atoms with van der Waals surface area (Å²) in [7, 11) is 0. The molecule has 5 nitrogen and oxygen atoms in total. The van der Waals surface area contributed by atoms with E-state index in [-0.39, 0.29) is 24.5 Å². The van der Waals surface area contributed by atoms with E-state index in [1.807, 2.05) is 0 Å². The minimum Gasteiger partial charge on any atom is -0.395 e. The Morgan fingerprint density at radius 2 is 2.22 bits per heavy atom. The van der Waals surface area contributed by atoms with Crippen molar-refractivity contribution >= 4 is 11.7 Å². The third-order valence-corrected chi connectivity index (χ3v) is 2.24. The summed E-state index contributed by atoms with van der Waals surface area (Å²) >= 11 is 0. The Morgan fingerprint density at radius 3 is 2.72 bits per heavy atom. The zero-order chi connectivity index (χ0) is 13.7. The fourth-order valence-corrected chi connectivity index (χ4v) is 1.56. The van der Waals surface area contributed by atoms with Gasteiger partial charge in [0.05, 0.1) is 13.2 Å². The van der Waals surface area contributed by atoms with E-state index in [2.05, 4.69) is 4.98 Å². The summed E-state index contributed by atoms with van der Waals surface area (Å²) in [6.45, 7) is 0.403. The Labute approximate surface area is 103 Å². The van der Waals surface area contributed by atoms with Crippen molar-refractivity contribution in [3.8, 4) is 0 Å². The van der Waals surface area contributed by atoms with Gasteiger partial charge in [0.25, 0.3) is 12.3 Å². The zero-order valence-corrected chi connectivity index (χ0v) is 9.94. The summed E-state index contributed by atoms with van der Waals surface area (Å²) in [6.07, 6.45) is -2.65. The molecule has 0 radical (unpaired) electrons. The lowest BCUT2D eigenvalue weighted by atomic mass is 10.2. The van der Waals surface area contributed by atoms with Crippen molar-refractivity contribution in [2.75, 3.05) is 25.4 Å². The van der Waals surface area contributed by atoms with Gasteiger partial charge in [-0.1, -0.05) is 0 Å². The van der Waals surface area contributed by atoms with Crippen LogP contribution in [0.1, 0.15) is 16.1 Å². The summed E-state index contributed by atoms with van der Waals surface area (Å²) in [5.41, 5.74) is 6.21. The highest BCUT2D eigenvalue weighted by Crippen LogP contribution is 2.11. The van der Waals surface area contributed by atoms with Gasteiger partial charge in [0.1, 0.15) is 5.82 Å². The number of aromatic nitrogens is 1. The highest BCUT2D eigenvalue weighted by molar-refractivity contribution is 5.95. The number of pyridine rings is 1. The maximum Gasteiger partial charge on any atom is 0.255 e. The number of aliphatic hydroxyl groups excluding tert-OH is 1. The highest BCUT2D eigenvalue weighted by Gasteiger charge is 2.19. The molecular formula is C11H15F2N3O2. The van der Waals surface area contributed by atoms with Crippen LogP contribution in [-0.2, 0) is 0 Å². The number of rotatable bonds is 5. The number of anilines is 1. The van der Waals surface area contributed by atoms with Crippen LogP contribution in [0.2, 0.25) is 0 Å². The molecule has 0 fully saturated rings. The molecule has 7 heteroatoms. The second-order valence-corrected chi connectivity index (χ2v) is 3.79. The number of amides is 1. The summed E-state index contributed by atoms with van der Waals surface area (Å²) in [5.74, 6) is -0.444. The topological polar surface area (TPSA) is 79.5 Å². The number of carbonyl (C=O) groups excluding carboxylic acids is 1. The zero-order valence-electron chi connectivity index (χ0n) is 9.94. The SMILES string of the molecule is Cc1cc(C(=O)N(CCO)CC(F)F)cc(N)n1. The summed E-state index contributed by atoms with van der Waals surface area (Å²) in [6, 6.07) is 2.79. The molecular weight excluding hydrogens is 244 g/mol. The Kier molecular flexibility index (Phi) is 4.96. The number of hydrogen-bond donors (Lipinski definition) is 2. The van der Waals surface area contributed by atoms with Gasteiger partial charge >= 0.3 is 0 Å². The number of nitrogens with zero attached hydrogens (tertiary/aromatic N) is 2. The number of aryl methyl sites for hydroxylation is 1. The molecule has 0 saturated heterocycles. The molecule has 0 bridgehead atoms. The summed E-state index contributed by atoms with van der Waals surface area (Å²) in [4.78, 5) is 16.8. The fourth-order valence-electron chi connectivity index (χ4n) is 1.56. The molecule has 0 atom stereocenters. The first-order valence-corrected chi connectivity index (χ1v) is 5.36. The van der Waals surface area contributed by atoms with E-state index in [1.54, 1.807) is 6.92 Å². The van der Waals surface area contributed by atoms with Gasteiger partial charge in [-0.05, 0) is 19.1 Å². The Morgan fingerprint density at radius 1 is 1.56 bits per heavy atom. The van der Waals surface area contributed by atoms with E-state index in [9.17, 15) is 13.6 Å². The van der Waals surface area contributed by atoms with E-state index in [0.717, 1.165) is 4.90 Å². The van der Waals surface area contributed by atoms with Crippen molar-refractivity contribution < 1.29 is 18.7 Å². The number of nitrogen functional groups attached to an aromatic ring is 1. The van der Waals surface area contributed by atoms with Crippen LogP contribution in [0.25, 0.3) is 0 Å². The Balaban J connectivity index is 2.93. The lowest BCUT2D eigenvalue weighted by molar-refractivity contribution is 0.0509. The largest absolute Gasteiger partial charge is 0.395 e. The molecule has 1 heterocycles. The molecule has 0 aromatic carbocycles. The average Bonchev–Trinajstić information content (AvgIpc) is 2.25. The maximum absolute atomic E-state index is 12.3. The van der Waals surface area contributed by atoms with Gasteiger partial charge < -0.3 is 15.7 Å². The number of carbonyl (C=O) groups is 1. The molecule has 0 unspecified atom stereocenters. The first-order chi connectivity index (χ1) is 8.43. The molecule has 1 rings (SSSR count). The second kappa shape index (κ2) is 6.25. The van der Waals surface area contributed by atoms with Gasteiger partial charge in [-0.15, -0.1) is 0 Å². The molecule has 3 N–H and O–H groups in total. The van der Waals surface area contributed by atoms with Crippen LogP contribution in [0.4, 0.5) is 14.6 Å². The van der Waals surface area contributed by atoms with E-state index in [0.29, 0.717) is 5.69 Å². The molecule has 1 aromatic rings. The lowest BCUT2D eigenvalue weighted by Gasteiger charge is -2.21. The average molecular weight is 259 g/mol. The van der Waals surface area contributed by atoms with Crippen LogP contribution in [0, 0.1) is 6.92 Å². The number of aliphatic hydroxyl groups is 1. The van der Waals surface area contributed by atoms with Crippen LogP contribution in [0.15, 0.2) is 12.1 Å². The first-order valence-electron chi connectivity index (χ1n) is 5.36.